The molecule has 3 rings (SSSR count). The summed E-state index contributed by atoms with van der Waals surface area (Å²) in [5, 5.41) is 2.80. The smallest absolute Gasteiger partial charge is 0.244 e. The number of halogens is 3. The Balaban J connectivity index is 1.66. The van der Waals surface area contributed by atoms with Crippen molar-refractivity contribution in [1.29, 1.82) is 0 Å². The van der Waals surface area contributed by atoms with Gasteiger partial charge in [0.2, 0.25) is 5.91 Å². The average molecular weight is 418 g/mol. The molecule has 0 spiro atoms. The standard InChI is InChI=1S/C23H25F3N2O2/c1-14-12-28(13-15(2)30-14)19-6-4-5-17(9-19)16(3)27-23(29)8-7-18-10-21(25)22(26)11-20(18)24/h4-11,14-16H,12-13H2,1-3H3,(H,27,29). The number of hydrogen-bond acceptors (Lipinski definition) is 3. The first-order chi connectivity index (χ1) is 14.2. The van der Waals surface area contributed by atoms with Gasteiger partial charge in [-0.25, -0.2) is 13.2 Å². The Morgan fingerprint density at radius 1 is 1.10 bits per heavy atom. The molecule has 1 amide bonds. The molecule has 1 N–H and O–H groups in total. The number of nitrogens with zero attached hydrogens (tertiary/aromatic N) is 1. The van der Waals surface area contributed by atoms with Gasteiger partial charge in [-0.2, -0.15) is 0 Å². The number of benzene rings is 2. The van der Waals surface area contributed by atoms with Crippen LogP contribution in [0.4, 0.5) is 18.9 Å². The van der Waals surface area contributed by atoms with Gasteiger partial charge in [-0.1, -0.05) is 12.1 Å². The Hall–Kier alpha value is -2.80. The molecule has 0 bridgehead atoms. The second-order valence-electron chi connectivity index (χ2n) is 7.61. The van der Waals surface area contributed by atoms with Gasteiger partial charge in [-0.3, -0.25) is 4.79 Å². The highest BCUT2D eigenvalue weighted by Crippen LogP contribution is 2.24. The van der Waals surface area contributed by atoms with Crippen LogP contribution in [0.5, 0.6) is 0 Å². The predicted molar refractivity (Wildman–Crippen MR) is 111 cm³/mol. The fourth-order valence-electron chi connectivity index (χ4n) is 3.56. The van der Waals surface area contributed by atoms with Crippen LogP contribution < -0.4 is 10.2 Å². The second-order valence-corrected chi connectivity index (χ2v) is 7.61. The molecular weight excluding hydrogens is 393 g/mol. The van der Waals surface area contributed by atoms with E-state index in [1.165, 1.54) is 0 Å². The molecule has 0 saturated carbocycles. The fourth-order valence-corrected chi connectivity index (χ4v) is 3.56. The summed E-state index contributed by atoms with van der Waals surface area (Å²) in [5.41, 5.74) is 1.77. The van der Waals surface area contributed by atoms with Gasteiger partial charge < -0.3 is 15.0 Å². The zero-order valence-corrected chi connectivity index (χ0v) is 17.2. The molecule has 160 valence electrons. The third kappa shape index (κ3) is 5.42. The molecule has 30 heavy (non-hydrogen) atoms. The zero-order valence-electron chi connectivity index (χ0n) is 17.2. The lowest BCUT2D eigenvalue weighted by Crippen LogP contribution is -2.45. The summed E-state index contributed by atoms with van der Waals surface area (Å²) in [7, 11) is 0. The van der Waals surface area contributed by atoms with Crippen LogP contribution in [0.15, 0.2) is 42.5 Å². The van der Waals surface area contributed by atoms with Crippen molar-refractivity contribution in [2.24, 2.45) is 0 Å². The van der Waals surface area contributed by atoms with E-state index in [0.29, 0.717) is 12.1 Å². The van der Waals surface area contributed by atoms with Crippen LogP contribution in [-0.4, -0.2) is 31.2 Å². The van der Waals surface area contributed by atoms with Gasteiger partial charge in [-0.15, -0.1) is 0 Å². The molecule has 1 saturated heterocycles. The van der Waals surface area contributed by atoms with Gasteiger partial charge in [0.1, 0.15) is 5.82 Å². The molecule has 4 nitrogen and oxygen atoms in total. The minimum atomic E-state index is -1.27. The molecule has 0 radical (unpaired) electrons. The number of rotatable bonds is 5. The molecule has 0 aliphatic carbocycles. The summed E-state index contributed by atoms with van der Waals surface area (Å²) >= 11 is 0. The number of ether oxygens (including phenoxy) is 1. The van der Waals surface area contributed by atoms with Crippen LogP contribution in [0.2, 0.25) is 0 Å². The monoisotopic (exact) mass is 418 g/mol. The lowest BCUT2D eigenvalue weighted by Gasteiger charge is -2.37. The van der Waals surface area contributed by atoms with E-state index in [9.17, 15) is 18.0 Å². The Labute approximate surface area is 174 Å². The zero-order chi connectivity index (χ0) is 21.8. The first kappa shape index (κ1) is 21.9. The maximum atomic E-state index is 13.7. The Bertz CT molecular complexity index is 938. The number of amides is 1. The van der Waals surface area contributed by atoms with E-state index in [1.54, 1.807) is 0 Å². The summed E-state index contributed by atoms with van der Waals surface area (Å²) in [6.45, 7) is 7.50. The largest absolute Gasteiger partial charge is 0.372 e. The van der Waals surface area contributed by atoms with Gasteiger partial charge >= 0.3 is 0 Å². The van der Waals surface area contributed by atoms with Gasteiger partial charge in [0.05, 0.1) is 18.2 Å². The maximum absolute atomic E-state index is 13.7. The number of carbonyl (C=O) groups is 1. The lowest BCUT2D eigenvalue weighted by molar-refractivity contribution is -0.117. The van der Waals surface area contributed by atoms with Crippen molar-refractivity contribution in [3.05, 3.63) is 71.1 Å². The van der Waals surface area contributed by atoms with Crippen LogP contribution in [0.25, 0.3) is 6.08 Å². The quantitative estimate of drug-likeness (QED) is 0.570. The molecular formula is C23H25F3N2O2. The Morgan fingerprint density at radius 3 is 2.47 bits per heavy atom. The summed E-state index contributed by atoms with van der Waals surface area (Å²) in [6.07, 6.45) is 2.49. The lowest BCUT2D eigenvalue weighted by atomic mass is 10.1. The minimum absolute atomic E-state index is 0.136. The van der Waals surface area contributed by atoms with E-state index < -0.39 is 23.4 Å². The molecule has 1 aliphatic rings. The van der Waals surface area contributed by atoms with E-state index in [1.807, 2.05) is 45.0 Å². The summed E-state index contributed by atoms with van der Waals surface area (Å²) in [6, 6.07) is 8.77. The molecule has 0 aromatic heterocycles. The van der Waals surface area contributed by atoms with E-state index in [2.05, 4.69) is 10.2 Å². The molecule has 1 aliphatic heterocycles. The molecule has 1 heterocycles. The molecule has 7 heteroatoms. The topological polar surface area (TPSA) is 41.6 Å². The van der Waals surface area contributed by atoms with Gasteiger partial charge in [0.15, 0.2) is 11.6 Å². The van der Waals surface area contributed by atoms with E-state index in [4.69, 9.17) is 4.74 Å². The highest BCUT2D eigenvalue weighted by Gasteiger charge is 2.22. The molecule has 1 fully saturated rings. The molecule has 3 unspecified atom stereocenters. The Morgan fingerprint density at radius 2 is 1.77 bits per heavy atom. The van der Waals surface area contributed by atoms with Crippen LogP contribution in [-0.2, 0) is 9.53 Å². The van der Waals surface area contributed by atoms with Crippen molar-refractivity contribution in [2.45, 2.75) is 39.0 Å². The second kappa shape index (κ2) is 9.34. The first-order valence-corrected chi connectivity index (χ1v) is 9.86. The van der Waals surface area contributed by atoms with Gasteiger partial charge in [-0.05, 0) is 50.6 Å². The third-order valence-electron chi connectivity index (χ3n) is 4.97. The highest BCUT2D eigenvalue weighted by atomic mass is 19.2. The van der Waals surface area contributed by atoms with Crippen LogP contribution in [0, 0.1) is 17.5 Å². The maximum Gasteiger partial charge on any atom is 0.244 e. The summed E-state index contributed by atoms with van der Waals surface area (Å²) < 4.78 is 45.7. The number of nitrogens with one attached hydrogen (secondary N) is 1. The molecule has 3 atom stereocenters. The molecule has 2 aromatic rings. The van der Waals surface area contributed by atoms with Crippen LogP contribution in [0.1, 0.15) is 37.9 Å². The highest BCUT2D eigenvalue weighted by molar-refractivity contribution is 5.92. The Kier molecular flexibility index (Phi) is 6.82. The fraction of sp³-hybridized carbons (Fsp3) is 0.348. The number of anilines is 1. The van der Waals surface area contributed by atoms with E-state index in [0.717, 1.165) is 36.5 Å². The van der Waals surface area contributed by atoms with Gasteiger partial charge in [0.25, 0.3) is 0 Å². The molecule has 2 aromatic carbocycles. The van der Waals surface area contributed by atoms with Crippen molar-refractivity contribution >= 4 is 17.7 Å². The number of carbonyl (C=O) groups excluding carboxylic acids is 1. The van der Waals surface area contributed by atoms with E-state index >= 15 is 0 Å². The van der Waals surface area contributed by atoms with Crippen LogP contribution >= 0.6 is 0 Å². The van der Waals surface area contributed by atoms with E-state index in [-0.39, 0.29) is 23.8 Å². The number of morpholine rings is 1. The number of hydrogen-bond donors (Lipinski definition) is 1. The van der Waals surface area contributed by atoms with Crippen molar-refractivity contribution in [1.82, 2.24) is 5.32 Å². The van der Waals surface area contributed by atoms with Crippen LogP contribution in [0.3, 0.4) is 0 Å². The van der Waals surface area contributed by atoms with Crippen molar-refractivity contribution in [3.63, 3.8) is 0 Å². The van der Waals surface area contributed by atoms with Crippen molar-refractivity contribution in [2.75, 3.05) is 18.0 Å². The van der Waals surface area contributed by atoms with Crippen molar-refractivity contribution < 1.29 is 22.7 Å². The van der Waals surface area contributed by atoms with Gasteiger partial charge in [0, 0.05) is 36.5 Å². The normalized spacial score (nSPS) is 20.4. The minimum Gasteiger partial charge on any atom is -0.372 e. The SMILES string of the molecule is CC1CN(c2cccc(C(C)NC(=O)C=Cc3cc(F)c(F)cc3F)c2)CC(C)O1. The predicted octanol–water partition coefficient (Wildman–Crippen LogP) is 4.61. The summed E-state index contributed by atoms with van der Waals surface area (Å²) in [5.74, 6) is -3.85. The summed E-state index contributed by atoms with van der Waals surface area (Å²) in [4.78, 5) is 14.5. The van der Waals surface area contributed by atoms with Crippen molar-refractivity contribution in [3.8, 4) is 0 Å². The average Bonchev–Trinajstić information content (AvgIpc) is 2.69. The first-order valence-electron chi connectivity index (χ1n) is 9.86. The third-order valence-corrected chi connectivity index (χ3v) is 4.97.